The molecule has 2 N–H and O–H groups in total. The summed E-state index contributed by atoms with van der Waals surface area (Å²) in [7, 11) is 4.07. The number of rotatable bonds is 9. The Morgan fingerprint density at radius 3 is 2.50 bits per heavy atom. The number of nitrogens with one attached hydrogen (secondary N) is 1. The monoisotopic (exact) mass is 493 g/mol. The van der Waals surface area contributed by atoms with E-state index in [1.165, 1.54) is 0 Å². The topological polar surface area (TPSA) is 98.7 Å². The fourth-order valence-electron chi connectivity index (χ4n) is 5.75. The van der Waals surface area contributed by atoms with E-state index < -0.39 is 11.4 Å². The van der Waals surface area contributed by atoms with E-state index in [1.807, 2.05) is 34.9 Å². The van der Waals surface area contributed by atoms with Crippen LogP contribution in [0, 0.1) is 18.3 Å². The van der Waals surface area contributed by atoms with E-state index >= 15 is 0 Å². The second-order valence-corrected chi connectivity index (χ2v) is 11.4. The number of hydrogen-bond acceptors (Lipinski definition) is 6. The van der Waals surface area contributed by atoms with Gasteiger partial charge in [-0.2, -0.15) is 0 Å². The average molecular weight is 494 g/mol. The van der Waals surface area contributed by atoms with E-state index in [0.29, 0.717) is 24.4 Å². The third-order valence-corrected chi connectivity index (χ3v) is 7.60. The maximum atomic E-state index is 12.5. The highest BCUT2D eigenvalue weighted by Gasteiger charge is 2.41. The Kier molecular flexibility index (Phi) is 7.64. The van der Waals surface area contributed by atoms with Crippen molar-refractivity contribution in [2.75, 3.05) is 38.6 Å². The first-order chi connectivity index (χ1) is 17.0. The molecule has 3 fully saturated rings. The Morgan fingerprint density at radius 2 is 1.89 bits per heavy atom. The van der Waals surface area contributed by atoms with Gasteiger partial charge in [0.25, 0.3) is 0 Å². The fraction of sp³-hybridized carbons (Fsp3) is 0.571. The minimum atomic E-state index is -0.872. The lowest BCUT2D eigenvalue weighted by Gasteiger charge is -2.49. The number of carboxylic acids is 1. The summed E-state index contributed by atoms with van der Waals surface area (Å²) < 4.78 is 0. The van der Waals surface area contributed by atoms with E-state index in [4.69, 9.17) is 15.1 Å². The molecule has 1 unspecified atom stereocenters. The van der Waals surface area contributed by atoms with Gasteiger partial charge in [-0.15, -0.1) is 0 Å². The van der Waals surface area contributed by atoms with Crippen molar-refractivity contribution >= 4 is 17.6 Å². The lowest BCUT2D eigenvalue weighted by atomic mass is 9.74. The van der Waals surface area contributed by atoms with Gasteiger partial charge < -0.3 is 15.3 Å². The number of carbonyl (C=O) groups excluding carboxylic acids is 1. The van der Waals surface area contributed by atoms with E-state index in [0.717, 1.165) is 54.4 Å². The van der Waals surface area contributed by atoms with Crippen LogP contribution in [-0.4, -0.2) is 71.6 Å². The molecule has 0 saturated carbocycles. The molecule has 0 radical (unpaired) electrons. The lowest BCUT2D eigenvalue weighted by molar-refractivity contribution is -0.139. The molecule has 1 aromatic carbocycles. The number of aliphatic carboxylic acids is 1. The smallest absolute Gasteiger partial charge is 0.303 e. The summed E-state index contributed by atoms with van der Waals surface area (Å²) in [5, 5.41) is 12.1. The number of anilines is 1. The molecule has 4 heterocycles. The Bertz CT molecular complexity index is 1100. The molecule has 194 valence electrons. The second-order valence-electron chi connectivity index (χ2n) is 11.4. The molecule has 36 heavy (non-hydrogen) atoms. The third-order valence-electron chi connectivity index (χ3n) is 7.60. The van der Waals surface area contributed by atoms with Gasteiger partial charge in [0.15, 0.2) is 0 Å². The summed E-state index contributed by atoms with van der Waals surface area (Å²) in [6.45, 7) is 8.20. The Labute approximate surface area is 214 Å². The molecular weight excluding hydrogens is 454 g/mol. The zero-order valence-corrected chi connectivity index (χ0v) is 22.1. The Morgan fingerprint density at radius 1 is 1.17 bits per heavy atom. The molecule has 3 aliphatic rings. The van der Waals surface area contributed by atoms with Crippen LogP contribution in [-0.2, 0) is 9.59 Å². The van der Waals surface area contributed by atoms with Crippen LogP contribution in [0.2, 0.25) is 0 Å². The number of piperidine rings is 3. The molecule has 0 aliphatic carbocycles. The van der Waals surface area contributed by atoms with E-state index in [1.54, 1.807) is 0 Å². The van der Waals surface area contributed by atoms with Crippen molar-refractivity contribution in [1.29, 1.82) is 0 Å². The largest absolute Gasteiger partial charge is 0.481 e. The zero-order valence-electron chi connectivity index (χ0n) is 22.1. The predicted octanol–water partition coefficient (Wildman–Crippen LogP) is 3.70. The molecule has 1 amide bonds. The van der Waals surface area contributed by atoms with Gasteiger partial charge in [-0.3, -0.25) is 14.5 Å². The molecule has 3 aliphatic heterocycles. The first-order valence-electron chi connectivity index (χ1n) is 12.9. The number of aromatic nitrogens is 2. The molecule has 3 saturated heterocycles. The quantitative estimate of drug-likeness (QED) is 0.550. The summed E-state index contributed by atoms with van der Waals surface area (Å²) in [5.41, 5.74) is 3.78. The van der Waals surface area contributed by atoms with Gasteiger partial charge in [-0.1, -0.05) is 26.0 Å². The van der Waals surface area contributed by atoms with Gasteiger partial charge in [0, 0.05) is 62.5 Å². The molecular formula is C28H39N5O3. The summed E-state index contributed by atoms with van der Waals surface area (Å²) >= 11 is 0. The maximum Gasteiger partial charge on any atom is 0.303 e. The number of amides is 1. The number of carbonyl (C=O) groups is 2. The number of fused-ring (bicyclic) bond motifs is 3. The Hall–Kier alpha value is -3.00. The highest BCUT2D eigenvalue weighted by molar-refractivity contribution is 5.78. The molecule has 5 rings (SSSR count). The van der Waals surface area contributed by atoms with Crippen LogP contribution >= 0.6 is 0 Å². The van der Waals surface area contributed by atoms with Crippen molar-refractivity contribution in [3.05, 3.63) is 41.9 Å². The summed E-state index contributed by atoms with van der Waals surface area (Å²) in [6.07, 6.45) is 2.37. The van der Waals surface area contributed by atoms with Gasteiger partial charge in [-0.05, 0) is 55.8 Å². The standard InChI is InChI=1S/C28H39N5O3/c1-18-30-24(19-6-8-21(9-7-19)32(4)5)13-25(31-18)23-17-33-11-10-20(23)12-22(33)16-29-26(34)14-28(2,3)15-27(35)36/h6-9,13,20,22-23H,10-12,14-17H2,1-5H3,(H,29,34)(H,35,36)/t20-,22+,23+/m0/s1. The highest BCUT2D eigenvalue weighted by atomic mass is 16.4. The summed E-state index contributed by atoms with van der Waals surface area (Å²) in [4.78, 5) is 37.7. The van der Waals surface area contributed by atoms with Crippen molar-refractivity contribution in [3.63, 3.8) is 0 Å². The van der Waals surface area contributed by atoms with Gasteiger partial charge in [-0.25, -0.2) is 9.97 Å². The molecule has 4 atom stereocenters. The van der Waals surface area contributed by atoms with Gasteiger partial charge >= 0.3 is 5.97 Å². The number of aryl methyl sites for hydroxylation is 1. The van der Waals surface area contributed by atoms with E-state index in [-0.39, 0.29) is 18.7 Å². The van der Waals surface area contributed by atoms with Crippen molar-refractivity contribution in [1.82, 2.24) is 20.2 Å². The zero-order chi connectivity index (χ0) is 26.0. The minimum absolute atomic E-state index is 0.0140. The normalized spacial score (nSPS) is 23.4. The van der Waals surface area contributed by atoms with Crippen LogP contribution in [0.4, 0.5) is 5.69 Å². The van der Waals surface area contributed by atoms with Crippen LogP contribution < -0.4 is 10.2 Å². The number of hydrogen-bond donors (Lipinski definition) is 2. The number of nitrogens with zero attached hydrogens (tertiary/aromatic N) is 4. The first-order valence-corrected chi connectivity index (χ1v) is 12.9. The SMILES string of the molecule is Cc1nc(-c2ccc(N(C)C)cc2)cc([C@@H]2CN3CC[C@H]2C[C@@H]3CNC(=O)CC(C)(C)CC(=O)O)n1. The predicted molar refractivity (Wildman–Crippen MR) is 141 cm³/mol. The van der Waals surface area contributed by atoms with Crippen molar-refractivity contribution in [3.8, 4) is 11.3 Å². The summed E-state index contributed by atoms with van der Waals surface area (Å²) in [5.74, 6) is 0.740. The fourth-order valence-corrected chi connectivity index (χ4v) is 5.75. The van der Waals surface area contributed by atoms with Gasteiger partial charge in [0.05, 0.1) is 12.1 Å². The van der Waals surface area contributed by atoms with Crippen molar-refractivity contribution in [2.45, 2.75) is 58.4 Å². The maximum absolute atomic E-state index is 12.5. The van der Waals surface area contributed by atoms with Crippen LogP contribution in [0.1, 0.15) is 57.0 Å². The highest BCUT2D eigenvalue weighted by Crippen LogP contribution is 2.41. The molecule has 2 bridgehead atoms. The minimum Gasteiger partial charge on any atom is -0.481 e. The molecule has 1 aromatic heterocycles. The first kappa shape index (κ1) is 26.1. The average Bonchev–Trinajstić information content (AvgIpc) is 2.81. The van der Waals surface area contributed by atoms with Crippen LogP contribution in [0.25, 0.3) is 11.3 Å². The van der Waals surface area contributed by atoms with Crippen LogP contribution in [0.5, 0.6) is 0 Å². The van der Waals surface area contributed by atoms with E-state index in [2.05, 4.69) is 45.4 Å². The van der Waals surface area contributed by atoms with Crippen molar-refractivity contribution < 1.29 is 14.7 Å². The number of carboxylic acid groups (broad SMARTS) is 1. The van der Waals surface area contributed by atoms with Crippen molar-refractivity contribution in [2.24, 2.45) is 11.3 Å². The summed E-state index contributed by atoms with van der Waals surface area (Å²) in [6, 6.07) is 10.9. The van der Waals surface area contributed by atoms with Gasteiger partial charge in [0.2, 0.25) is 5.91 Å². The molecule has 8 nitrogen and oxygen atoms in total. The third kappa shape index (κ3) is 6.22. The molecule has 2 aromatic rings. The van der Waals surface area contributed by atoms with Crippen LogP contribution in [0.15, 0.2) is 30.3 Å². The lowest BCUT2D eigenvalue weighted by Crippen LogP contribution is -2.56. The molecule has 8 heteroatoms. The second kappa shape index (κ2) is 10.5. The number of benzene rings is 1. The van der Waals surface area contributed by atoms with Gasteiger partial charge in [0.1, 0.15) is 5.82 Å². The Balaban J connectivity index is 1.40. The van der Waals surface area contributed by atoms with E-state index in [9.17, 15) is 9.59 Å². The van der Waals surface area contributed by atoms with Crippen LogP contribution in [0.3, 0.4) is 0 Å². The molecule has 0 spiro atoms.